The first kappa shape index (κ1) is 19.2. The van der Waals surface area contributed by atoms with Gasteiger partial charge in [-0.1, -0.05) is 45.7 Å². The van der Waals surface area contributed by atoms with Crippen molar-refractivity contribution in [3.05, 3.63) is 34.4 Å². The smallest absolute Gasteiger partial charge is 0.129 e. The van der Waals surface area contributed by atoms with Gasteiger partial charge in [0.2, 0.25) is 0 Å². The largest absolute Gasteiger partial charge is 0.302 e. The number of nitrogens with zero attached hydrogens (tertiary/aromatic N) is 2. The van der Waals surface area contributed by atoms with Crippen LogP contribution in [0.1, 0.15) is 49.4 Å². The van der Waals surface area contributed by atoms with Gasteiger partial charge in [0.15, 0.2) is 0 Å². The minimum Gasteiger partial charge on any atom is -0.302 e. The third kappa shape index (κ3) is 4.38. The predicted molar refractivity (Wildman–Crippen MR) is 106 cm³/mol. The Morgan fingerprint density at radius 1 is 1.28 bits per heavy atom. The van der Waals surface area contributed by atoms with Gasteiger partial charge in [-0.05, 0) is 47.6 Å². The highest BCUT2D eigenvalue weighted by atomic mass is 32.1. The van der Waals surface area contributed by atoms with E-state index >= 15 is 0 Å². The highest BCUT2D eigenvalue weighted by molar-refractivity contribution is 7.78. The van der Waals surface area contributed by atoms with Crippen LogP contribution in [0.3, 0.4) is 0 Å². The number of nitrogens with one attached hydrogen (secondary N) is 1. The van der Waals surface area contributed by atoms with Crippen LogP contribution >= 0.6 is 12.8 Å². The molecule has 2 unspecified atom stereocenters. The second-order valence-corrected chi connectivity index (χ2v) is 9.04. The van der Waals surface area contributed by atoms with Gasteiger partial charge in [0.05, 0.1) is 6.04 Å². The SMILES string of the molecule is CN1CCc2c(cc(C(C)(C)C)cc2CN2CCC(NS)C(F)C2)C1. The molecule has 1 N–H and O–H groups in total. The fourth-order valence-corrected chi connectivity index (χ4v) is 4.29. The summed E-state index contributed by atoms with van der Waals surface area (Å²) in [6.45, 7) is 11.2. The Bertz CT molecular complexity index is 614. The van der Waals surface area contributed by atoms with Crippen LogP contribution in [-0.2, 0) is 24.9 Å². The molecule has 2 heterocycles. The molecule has 3 rings (SSSR count). The third-order valence-corrected chi connectivity index (χ3v) is 6.00. The van der Waals surface area contributed by atoms with Crippen LogP contribution in [0.15, 0.2) is 12.1 Å². The molecule has 1 saturated heterocycles. The van der Waals surface area contributed by atoms with Crippen LogP contribution < -0.4 is 4.72 Å². The number of hydrogen-bond acceptors (Lipinski definition) is 4. The maximum atomic E-state index is 14.3. The van der Waals surface area contributed by atoms with E-state index in [4.69, 9.17) is 0 Å². The molecule has 140 valence electrons. The van der Waals surface area contributed by atoms with Crippen LogP contribution in [0.4, 0.5) is 4.39 Å². The predicted octanol–water partition coefficient (Wildman–Crippen LogP) is 3.32. The number of fused-ring (bicyclic) bond motifs is 1. The normalized spacial score (nSPS) is 25.8. The Hall–Kier alpha value is -0.620. The number of likely N-dealkylation sites (tertiary alicyclic amines) is 1. The topological polar surface area (TPSA) is 18.5 Å². The summed E-state index contributed by atoms with van der Waals surface area (Å²) in [4.78, 5) is 4.66. The Morgan fingerprint density at radius 2 is 2.04 bits per heavy atom. The van der Waals surface area contributed by atoms with Gasteiger partial charge >= 0.3 is 0 Å². The van der Waals surface area contributed by atoms with E-state index < -0.39 is 6.17 Å². The summed E-state index contributed by atoms with van der Waals surface area (Å²) in [5.41, 5.74) is 5.88. The first-order valence-electron chi connectivity index (χ1n) is 9.37. The lowest BCUT2D eigenvalue weighted by Crippen LogP contribution is -2.48. The van der Waals surface area contributed by atoms with Crippen LogP contribution in [0.25, 0.3) is 0 Å². The first-order valence-corrected chi connectivity index (χ1v) is 9.82. The molecule has 2 atom stereocenters. The van der Waals surface area contributed by atoms with Crippen molar-refractivity contribution in [3.8, 4) is 0 Å². The van der Waals surface area contributed by atoms with Gasteiger partial charge in [-0.15, -0.1) is 0 Å². The van der Waals surface area contributed by atoms with Crippen molar-refractivity contribution in [3.63, 3.8) is 0 Å². The zero-order valence-electron chi connectivity index (χ0n) is 16.0. The fraction of sp³-hybridized carbons (Fsp3) is 0.700. The average Bonchev–Trinajstić information content (AvgIpc) is 2.53. The van der Waals surface area contributed by atoms with Crippen LogP contribution in [-0.4, -0.2) is 48.7 Å². The minimum atomic E-state index is -0.848. The molecule has 0 amide bonds. The lowest BCUT2D eigenvalue weighted by Gasteiger charge is -2.36. The lowest BCUT2D eigenvalue weighted by molar-refractivity contribution is 0.109. The summed E-state index contributed by atoms with van der Waals surface area (Å²) >= 11 is 4.06. The van der Waals surface area contributed by atoms with Crippen molar-refractivity contribution in [1.82, 2.24) is 14.5 Å². The molecule has 1 aromatic rings. The molecular formula is C20H32FN3S. The molecule has 5 heteroatoms. The lowest BCUT2D eigenvalue weighted by atomic mass is 9.82. The van der Waals surface area contributed by atoms with Gasteiger partial charge in [-0.25, -0.2) is 4.39 Å². The highest BCUT2D eigenvalue weighted by Gasteiger charge is 2.29. The number of hydrogen-bond donors (Lipinski definition) is 2. The zero-order chi connectivity index (χ0) is 18.2. The van der Waals surface area contributed by atoms with Gasteiger partial charge in [0.25, 0.3) is 0 Å². The van der Waals surface area contributed by atoms with Crippen molar-refractivity contribution in [1.29, 1.82) is 0 Å². The molecule has 1 aromatic carbocycles. The second-order valence-electron chi connectivity index (χ2n) is 8.79. The number of thiol groups is 1. The minimum absolute atomic E-state index is 0.122. The Balaban J connectivity index is 1.86. The molecule has 0 bridgehead atoms. The summed E-state index contributed by atoms with van der Waals surface area (Å²) in [6.07, 6.45) is 1.06. The highest BCUT2D eigenvalue weighted by Crippen LogP contribution is 2.31. The Labute approximate surface area is 157 Å². The summed E-state index contributed by atoms with van der Waals surface area (Å²) in [5, 5.41) is 0. The quantitative estimate of drug-likeness (QED) is 0.801. The maximum absolute atomic E-state index is 14.3. The number of benzene rings is 1. The second kappa shape index (κ2) is 7.55. The molecule has 0 aliphatic carbocycles. The Morgan fingerprint density at radius 3 is 2.68 bits per heavy atom. The molecule has 0 saturated carbocycles. The summed E-state index contributed by atoms with van der Waals surface area (Å²) in [7, 11) is 2.19. The van der Waals surface area contributed by atoms with Crippen LogP contribution in [0, 0.1) is 0 Å². The van der Waals surface area contributed by atoms with Crippen molar-refractivity contribution < 1.29 is 4.39 Å². The third-order valence-electron chi connectivity index (χ3n) is 5.67. The molecule has 3 nitrogen and oxygen atoms in total. The summed E-state index contributed by atoms with van der Waals surface area (Å²) < 4.78 is 17.1. The number of piperidine rings is 1. The zero-order valence-corrected chi connectivity index (χ0v) is 16.9. The van der Waals surface area contributed by atoms with Crippen LogP contribution in [0.5, 0.6) is 0 Å². The van der Waals surface area contributed by atoms with E-state index in [0.29, 0.717) is 6.54 Å². The van der Waals surface area contributed by atoms with Crippen molar-refractivity contribution in [2.45, 2.75) is 64.3 Å². The van der Waals surface area contributed by atoms with E-state index in [-0.39, 0.29) is 11.5 Å². The van der Waals surface area contributed by atoms with Crippen molar-refractivity contribution in [2.24, 2.45) is 0 Å². The van der Waals surface area contributed by atoms with Gasteiger partial charge in [-0.2, -0.15) is 0 Å². The van der Waals surface area contributed by atoms with E-state index in [2.05, 4.69) is 67.3 Å². The molecule has 2 aliphatic rings. The molecular weight excluding hydrogens is 333 g/mol. The number of halogens is 1. The molecule has 2 aliphatic heterocycles. The fourth-order valence-electron chi connectivity index (χ4n) is 4.00. The monoisotopic (exact) mass is 365 g/mol. The molecule has 0 radical (unpaired) electrons. The standard InChI is InChI=1S/C20H32FN3S/c1-20(2,3)16-9-14-11-23(4)7-5-17(14)15(10-16)12-24-8-6-19(22-25)18(21)13-24/h9-10,18-19,22,25H,5-8,11-13H2,1-4H3. The maximum Gasteiger partial charge on any atom is 0.129 e. The van der Waals surface area contributed by atoms with E-state index in [9.17, 15) is 4.39 Å². The number of likely N-dealkylation sites (N-methyl/N-ethyl adjacent to an activating group) is 1. The van der Waals surface area contributed by atoms with Crippen molar-refractivity contribution in [2.75, 3.05) is 26.7 Å². The number of rotatable bonds is 3. The van der Waals surface area contributed by atoms with Crippen LogP contribution in [0.2, 0.25) is 0 Å². The van der Waals surface area contributed by atoms with Crippen molar-refractivity contribution >= 4 is 12.8 Å². The molecule has 25 heavy (non-hydrogen) atoms. The average molecular weight is 366 g/mol. The summed E-state index contributed by atoms with van der Waals surface area (Å²) in [5.74, 6) is 0. The van der Waals surface area contributed by atoms with Gasteiger partial charge in [0, 0.05) is 32.7 Å². The van der Waals surface area contributed by atoms with E-state index in [1.54, 1.807) is 0 Å². The Kier molecular flexibility index (Phi) is 5.78. The van der Waals surface area contributed by atoms with Gasteiger partial charge < -0.3 is 4.90 Å². The molecule has 0 spiro atoms. The molecule has 0 aromatic heterocycles. The first-order chi connectivity index (χ1) is 11.8. The molecule has 1 fully saturated rings. The summed E-state index contributed by atoms with van der Waals surface area (Å²) in [6, 6.07) is 4.65. The van der Waals surface area contributed by atoms with Gasteiger partial charge in [0.1, 0.15) is 6.17 Å². The van der Waals surface area contributed by atoms with E-state index in [0.717, 1.165) is 39.0 Å². The van der Waals surface area contributed by atoms with Gasteiger partial charge in [-0.3, -0.25) is 9.62 Å². The van der Waals surface area contributed by atoms with E-state index in [1.807, 2.05) is 0 Å². The van der Waals surface area contributed by atoms with E-state index in [1.165, 1.54) is 22.3 Å². The number of alkyl halides is 1.